The van der Waals surface area contributed by atoms with Crippen LogP contribution in [0.4, 0.5) is 0 Å². The minimum atomic E-state index is -0.486. The number of hydrogen-bond acceptors (Lipinski definition) is 6. The third-order valence-corrected chi connectivity index (χ3v) is 4.25. The van der Waals surface area contributed by atoms with Crippen LogP contribution < -0.4 is 19.6 Å². The Kier molecular flexibility index (Phi) is 7.61. The highest BCUT2D eigenvalue weighted by Gasteiger charge is 2.08. The molecule has 0 bridgehead atoms. The van der Waals surface area contributed by atoms with Crippen LogP contribution in [0.2, 0.25) is 5.02 Å². The summed E-state index contributed by atoms with van der Waals surface area (Å²) in [6.45, 7) is -0.211. The van der Waals surface area contributed by atoms with Crippen molar-refractivity contribution >= 4 is 29.7 Å². The smallest absolute Gasteiger partial charge is 0.343 e. The van der Waals surface area contributed by atoms with E-state index >= 15 is 0 Å². The zero-order valence-electron chi connectivity index (χ0n) is 16.6. The molecule has 0 spiro atoms. The first-order valence-electron chi connectivity index (χ1n) is 9.20. The van der Waals surface area contributed by atoms with Crippen molar-refractivity contribution in [2.24, 2.45) is 5.10 Å². The van der Waals surface area contributed by atoms with Crippen molar-refractivity contribution in [2.75, 3.05) is 13.7 Å². The molecule has 0 fully saturated rings. The summed E-state index contributed by atoms with van der Waals surface area (Å²) in [7, 11) is 1.52. The lowest BCUT2D eigenvalue weighted by Gasteiger charge is -2.09. The average Bonchev–Trinajstić information content (AvgIpc) is 2.79. The maximum atomic E-state index is 12.1. The highest BCUT2D eigenvalue weighted by molar-refractivity contribution is 6.30. The monoisotopic (exact) mass is 438 g/mol. The molecule has 0 aromatic heterocycles. The van der Waals surface area contributed by atoms with Gasteiger partial charge in [0, 0.05) is 5.02 Å². The zero-order chi connectivity index (χ0) is 22.1. The molecule has 0 saturated heterocycles. The fourth-order valence-corrected chi connectivity index (χ4v) is 2.59. The molecule has 8 heteroatoms. The molecule has 0 aliphatic heterocycles. The van der Waals surface area contributed by atoms with Gasteiger partial charge in [0.1, 0.15) is 5.75 Å². The van der Waals surface area contributed by atoms with E-state index in [1.807, 2.05) is 0 Å². The van der Waals surface area contributed by atoms with Crippen LogP contribution in [0.15, 0.2) is 77.9 Å². The van der Waals surface area contributed by atoms with Crippen molar-refractivity contribution in [3.05, 3.63) is 88.9 Å². The van der Waals surface area contributed by atoms with Crippen LogP contribution in [0.1, 0.15) is 15.9 Å². The lowest BCUT2D eigenvalue weighted by Crippen LogP contribution is -2.24. The fourth-order valence-electron chi connectivity index (χ4n) is 2.47. The van der Waals surface area contributed by atoms with Gasteiger partial charge in [0.15, 0.2) is 18.1 Å². The molecule has 0 aliphatic rings. The molecule has 3 rings (SSSR count). The number of nitrogens with one attached hydrogen (secondary N) is 1. The first-order valence-corrected chi connectivity index (χ1v) is 9.58. The van der Waals surface area contributed by atoms with E-state index < -0.39 is 11.9 Å². The molecule has 0 heterocycles. The fraction of sp³-hybridized carbons (Fsp3) is 0.0870. The van der Waals surface area contributed by atoms with Crippen LogP contribution >= 0.6 is 11.6 Å². The third-order valence-electron chi connectivity index (χ3n) is 4.00. The Hall–Kier alpha value is -3.84. The number of rotatable bonds is 8. The molecule has 3 aromatic rings. The molecule has 31 heavy (non-hydrogen) atoms. The Morgan fingerprint density at radius 3 is 2.32 bits per heavy atom. The number of halogens is 1. The Labute approximate surface area is 184 Å². The summed E-state index contributed by atoms with van der Waals surface area (Å²) in [5, 5.41) is 4.43. The van der Waals surface area contributed by atoms with Gasteiger partial charge in [0.05, 0.1) is 18.9 Å². The second kappa shape index (κ2) is 10.8. The first kappa shape index (κ1) is 21.9. The number of methoxy groups -OCH3 is 1. The van der Waals surface area contributed by atoms with E-state index in [0.29, 0.717) is 33.4 Å². The van der Waals surface area contributed by atoms with Crippen LogP contribution in [0.3, 0.4) is 0 Å². The number of nitrogens with zero attached hydrogens (tertiary/aromatic N) is 1. The Morgan fingerprint density at radius 2 is 1.65 bits per heavy atom. The number of hydrogen-bond donors (Lipinski definition) is 1. The van der Waals surface area contributed by atoms with Crippen molar-refractivity contribution in [1.29, 1.82) is 0 Å². The van der Waals surface area contributed by atoms with Gasteiger partial charge in [-0.3, -0.25) is 4.79 Å². The van der Waals surface area contributed by atoms with Gasteiger partial charge >= 0.3 is 5.97 Å². The predicted molar refractivity (Wildman–Crippen MR) is 117 cm³/mol. The Bertz CT molecular complexity index is 1070. The lowest BCUT2D eigenvalue weighted by molar-refractivity contribution is -0.123. The van der Waals surface area contributed by atoms with Gasteiger partial charge in [0.25, 0.3) is 5.91 Å². The van der Waals surface area contributed by atoms with Crippen molar-refractivity contribution in [2.45, 2.75) is 0 Å². The largest absolute Gasteiger partial charge is 0.493 e. The molecule has 1 N–H and O–H groups in total. The minimum Gasteiger partial charge on any atom is -0.493 e. The Balaban J connectivity index is 1.47. The molecule has 0 unspecified atom stereocenters. The van der Waals surface area contributed by atoms with Crippen molar-refractivity contribution < 1.29 is 23.8 Å². The summed E-state index contributed by atoms with van der Waals surface area (Å²) in [6.07, 6.45) is 1.46. The molecule has 3 aromatic carbocycles. The summed E-state index contributed by atoms with van der Waals surface area (Å²) in [6, 6.07) is 20.1. The van der Waals surface area contributed by atoms with Crippen LogP contribution in [0, 0.1) is 0 Å². The van der Waals surface area contributed by atoms with E-state index in [-0.39, 0.29) is 6.61 Å². The van der Waals surface area contributed by atoms with Gasteiger partial charge in [-0.1, -0.05) is 23.7 Å². The normalized spacial score (nSPS) is 10.5. The molecule has 7 nitrogen and oxygen atoms in total. The van der Waals surface area contributed by atoms with Gasteiger partial charge in [-0.15, -0.1) is 0 Å². The number of carbonyl (C=O) groups is 2. The molecular weight excluding hydrogens is 420 g/mol. The summed E-state index contributed by atoms with van der Waals surface area (Å²) >= 11 is 5.81. The summed E-state index contributed by atoms with van der Waals surface area (Å²) < 4.78 is 15.9. The van der Waals surface area contributed by atoms with E-state index in [4.69, 9.17) is 25.8 Å². The minimum absolute atomic E-state index is 0.211. The molecule has 1 amide bonds. The van der Waals surface area contributed by atoms with Gasteiger partial charge in [0.2, 0.25) is 0 Å². The van der Waals surface area contributed by atoms with Crippen LogP contribution in [0.25, 0.3) is 0 Å². The number of hydrazone groups is 1. The van der Waals surface area contributed by atoms with Gasteiger partial charge in [-0.25, -0.2) is 10.2 Å². The SMILES string of the molecule is COc1ccccc1OCC(=O)N/N=C\c1ccc(OC(=O)c2ccc(Cl)cc2)cc1. The van der Waals surface area contributed by atoms with E-state index in [1.54, 1.807) is 72.8 Å². The topological polar surface area (TPSA) is 86.2 Å². The van der Waals surface area contributed by atoms with E-state index in [0.717, 1.165) is 0 Å². The summed E-state index contributed by atoms with van der Waals surface area (Å²) in [4.78, 5) is 24.0. The molecule has 158 valence electrons. The summed E-state index contributed by atoms with van der Waals surface area (Å²) in [5.74, 6) is 0.478. The van der Waals surface area contributed by atoms with Crippen molar-refractivity contribution in [3.8, 4) is 17.2 Å². The number of esters is 1. The lowest BCUT2D eigenvalue weighted by atomic mass is 10.2. The first-order chi connectivity index (χ1) is 15.0. The zero-order valence-corrected chi connectivity index (χ0v) is 17.3. The van der Waals surface area contributed by atoms with Crippen LogP contribution in [-0.2, 0) is 4.79 Å². The molecular formula is C23H19ClN2O5. The van der Waals surface area contributed by atoms with E-state index in [1.165, 1.54) is 13.3 Å². The number of ether oxygens (including phenoxy) is 3. The molecule has 0 aliphatic carbocycles. The number of benzene rings is 3. The molecule has 0 radical (unpaired) electrons. The number of para-hydroxylation sites is 2. The highest BCUT2D eigenvalue weighted by atomic mass is 35.5. The van der Waals surface area contributed by atoms with Gasteiger partial charge in [-0.2, -0.15) is 5.10 Å². The van der Waals surface area contributed by atoms with Crippen LogP contribution in [0.5, 0.6) is 17.2 Å². The number of amides is 1. The maximum Gasteiger partial charge on any atom is 0.343 e. The third kappa shape index (κ3) is 6.58. The summed E-state index contributed by atoms with van der Waals surface area (Å²) in [5.41, 5.74) is 3.48. The van der Waals surface area contributed by atoms with Crippen molar-refractivity contribution in [1.82, 2.24) is 5.43 Å². The number of carbonyl (C=O) groups excluding carboxylic acids is 2. The average molecular weight is 439 g/mol. The highest BCUT2D eigenvalue weighted by Crippen LogP contribution is 2.25. The van der Waals surface area contributed by atoms with Gasteiger partial charge < -0.3 is 14.2 Å². The van der Waals surface area contributed by atoms with E-state index in [9.17, 15) is 9.59 Å². The second-order valence-electron chi connectivity index (χ2n) is 6.20. The second-order valence-corrected chi connectivity index (χ2v) is 6.63. The standard InChI is InChI=1S/C23H19ClN2O5/c1-29-20-4-2-3-5-21(20)30-15-22(27)26-25-14-16-6-12-19(13-7-16)31-23(28)17-8-10-18(24)11-9-17/h2-14H,15H2,1H3,(H,26,27)/b25-14-. The van der Waals surface area contributed by atoms with E-state index in [2.05, 4.69) is 10.5 Å². The van der Waals surface area contributed by atoms with Crippen LogP contribution in [-0.4, -0.2) is 31.8 Å². The maximum absolute atomic E-state index is 12.1. The molecule has 0 atom stereocenters. The quantitative estimate of drug-likeness (QED) is 0.248. The van der Waals surface area contributed by atoms with Gasteiger partial charge in [-0.05, 0) is 66.2 Å². The molecule has 0 saturated carbocycles. The van der Waals surface area contributed by atoms with Crippen molar-refractivity contribution in [3.63, 3.8) is 0 Å². The Morgan fingerprint density at radius 1 is 0.968 bits per heavy atom. The predicted octanol–water partition coefficient (Wildman–Crippen LogP) is 4.10.